The van der Waals surface area contributed by atoms with Crippen molar-refractivity contribution < 1.29 is 45.0 Å². The normalized spacial score (nSPS) is 20.5. The quantitative estimate of drug-likeness (QED) is 0.188. The predicted octanol–water partition coefficient (Wildman–Crippen LogP) is -2.59. The molecular weight excluding hydrogens is 402 g/mol. The third kappa shape index (κ3) is 7.78. The van der Waals surface area contributed by atoms with Crippen molar-refractivity contribution in [2.24, 2.45) is 0 Å². The van der Waals surface area contributed by atoms with E-state index in [0.717, 1.165) is 0 Å². The highest BCUT2D eigenvalue weighted by molar-refractivity contribution is 5.74. The summed E-state index contributed by atoms with van der Waals surface area (Å²) >= 11 is 0. The molecular formula is C18H33N3O9. The fraction of sp³-hybridized carbons (Fsp3) is 0.833. The maximum absolute atomic E-state index is 11.7. The number of carbonyl (C=O) groups is 3. The Kier molecular flexibility index (Phi) is 11.8. The highest BCUT2D eigenvalue weighted by Gasteiger charge is 2.33. The largest absolute Gasteiger partial charge is 0.480 e. The summed E-state index contributed by atoms with van der Waals surface area (Å²) in [6.45, 7) is 0.211. The van der Waals surface area contributed by atoms with Crippen LogP contribution in [0.2, 0.25) is 0 Å². The summed E-state index contributed by atoms with van der Waals surface area (Å²) in [5.74, 6) is -3.38. The Morgan fingerprint density at radius 2 is 0.733 bits per heavy atom. The highest BCUT2D eigenvalue weighted by atomic mass is 16.4. The van der Waals surface area contributed by atoms with E-state index in [4.69, 9.17) is 0 Å². The summed E-state index contributed by atoms with van der Waals surface area (Å²) in [6, 6.07) is -3.00. The minimum Gasteiger partial charge on any atom is -0.480 e. The molecule has 6 N–H and O–H groups in total. The first-order valence-corrected chi connectivity index (χ1v) is 9.99. The summed E-state index contributed by atoms with van der Waals surface area (Å²) in [4.78, 5) is 39.9. The molecule has 0 bridgehead atoms. The van der Waals surface area contributed by atoms with Crippen LogP contribution in [0.4, 0.5) is 0 Å². The van der Waals surface area contributed by atoms with Crippen LogP contribution in [-0.2, 0) is 14.4 Å². The average molecular weight is 435 g/mol. The molecule has 3 atom stereocenters. The van der Waals surface area contributed by atoms with Gasteiger partial charge in [-0.1, -0.05) is 0 Å². The van der Waals surface area contributed by atoms with Crippen molar-refractivity contribution in [2.75, 3.05) is 59.1 Å². The second-order valence-electron chi connectivity index (χ2n) is 7.21. The Morgan fingerprint density at radius 3 is 0.867 bits per heavy atom. The van der Waals surface area contributed by atoms with Gasteiger partial charge in [0.15, 0.2) is 0 Å². The molecule has 0 aromatic heterocycles. The van der Waals surface area contributed by atoms with E-state index < -0.39 is 36.0 Å². The molecule has 12 nitrogen and oxygen atoms in total. The predicted molar refractivity (Wildman–Crippen MR) is 104 cm³/mol. The third-order valence-electron chi connectivity index (χ3n) is 5.41. The first-order valence-electron chi connectivity index (χ1n) is 9.99. The van der Waals surface area contributed by atoms with Gasteiger partial charge in [0.2, 0.25) is 0 Å². The first-order chi connectivity index (χ1) is 14.3. The molecule has 1 aliphatic rings. The van der Waals surface area contributed by atoms with Crippen LogP contribution in [-0.4, -0.2) is 140 Å². The zero-order chi connectivity index (χ0) is 22.7. The van der Waals surface area contributed by atoms with Crippen molar-refractivity contribution in [3.63, 3.8) is 0 Å². The van der Waals surface area contributed by atoms with Crippen LogP contribution < -0.4 is 0 Å². The minimum atomic E-state index is -1.13. The van der Waals surface area contributed by atoms with Crippen LogP contribution in [0, 0.1) is 0 Å². The lowest BCUT2D eigenvalue weighted by Crippen LogP contribution is -2.49. The lowest BCUT2D eigenvalue weighted by molar-refractivity contribution is -0.146. The molecule has 0 radical (unpaired) electrons. The number of aliphatic hydroxyl groups is 3. The molecule has 12 heteroatoms. The van der Waals surface area contributed by atoms with Crippen molar-refractivity contribution in [3.05, 3.63) is 0 Å². The molecule has 1 fully saturated rings. The van der Waals surface area contributed by atoms with E-state index in [0.29, 0.717) is 0 Å². The van der Waals surface area contributed by atoms with Gasteiger partial charge in [0.1, 0.15) is 18.1 Å². The lowest BCUT2D eigenvalue weighted by atomic mass is 10.1. The SMILES string of the molecule is O=C(O)C(CCO)N1CCN(C(CCO)C(=O)O)CCN(C(CCO)C(=O)O)CC1. The first kappa shape index (κ1) is 26.2. The van der Waals surface area contributed by atoms with Crippen LogP contribution in [0.25, 0.3) is 0 Å². The molecule has 0 aromatic rings. The standard InChI is InChI=1S/C18H33N3O9/c22-10-1-13(16(25)26)19-4-6-20(14(2-11-23)17(27)28)8-9-21(7-5-19)15(3-12-24)18(29)30/h13-15,22-24H,1-12H2,(H,25,26)(H,27,28)(H,29,30). The molecule has 1 rings (SSSR count). The molecule has 30 heavy (non-hydrogen) atoms. The van der Waals surface area contributed by atoms with Crippen molar-refractivity contribution in [2.45, 2.75) is 37.4 Å². The van der Waals surface area contributed by atoms with Crippen molar-refractivity contribution >= 4 is 17.9 Å². The maximum atomic E-state index is 11.7. The highest BCUT2D eigenvalue weighted by Crippen LogP contribution is 2.14. The van der Waals surface area contributed by atoms with Crippen LogP contribution in [0.5, 0.6) is 0 Å². The van der Waals surface area contributed by atoms with Crippen molar-refractivity contribution in [3.8, 4) is 0 Å². The Balaban J connectivity index is 3.18. The van der Waals surface area contributed by atoms with E-state index in [-0.39, 0.29) is 78.4 Å². The summed E-state index contributed by atoms with van der Waals surface area (Å²) in [5, 5.41) is 56.4. The van der Waals surface area contributed by atoms with Gasteiger partial charge in [-0.05, 0) is 19.3 Å². The number of nitrogens with zero attached hydrogens (tertiary/aromatic N) is 3. The summed E-state index contributed by atoms with van der Waals surface area (Å²) in [5.41, 5.74) is 0. The van der Waals surface area contributed by atoms with E-state index in [1.54, 1.807) is 14.7 Å². The number of aliphatic carboxylic acids is 3. The molecule has 3 unspecified atom stereocenters. The number of rotatable bonds is 12. The van der Waals surface area contributed by atoms with E-state index in [2.05, 4.69) is 0 Å². The van der Waals surface area contributed by atoms with E-state index in [1.165, 1.54) is 0 Å². The van der Waals surface area contributed by atoms with Gasteiger partial charge < -0.3 is 30.6 Å². The molecule has 0 aromatic carbocycles. The van der Waals surface area contributed by atoms with Gasteiger partial charge in [0.25, 0.3) is 0 Å². The average Bonchev–Trinajstić information content (AvgIpc) is 2.78. The molecule has 174 valence electrons. The number of carboxylic acid groups (broad SMARTS) is 3. The summed E-state index contributed by atoms with van der Waals surface area (Å²) in [6.07, 6.45) is -0.0615. The van der Waals surface area contributed by atoms with Crippen LogP contribution >= 0.6 is 0 Å². The molecule has 0 spiro atoms. The van der Waals surface area contributed by atoms with Crippen molar-refractivity contribution in [1.82, 2.24) is 14.7 Å². The zero-order valence-electron chi connectivity index (χ0n) is 17.0. The second-order valence-corrected chi connectivity index (χ2v) is 7.21. The summed E-state index contributed by atoms with van der Waals surface area (Å²) < 4.78 is 0. The lowest BCUT2D eigenvalue weighted by Gasteiger charge is -2.32. The third-order valence-corrected chi connectivity index (χ3v) is 5.41. The van der Waals surface area contributed by atoms with Gasteiger partial charge in [-0.15, -0.1) is 0 Å². The van der Waals surface area contributed by atoms with Gasteiger partial charge >= 0.3 is 17.9 Å². The Morgan fingerprint density at radius 1 is 0.533 bits per heavy atom. The summed E-state index contributed by atoms with van der Waals surface area (Å²) in [7, 11) is 0. The van der Waals surface area contributed by atoms with Gasteiger partial charge in [-0.2, -0.15) is 0 Å². The number of carboxylic acids is 3. The number of hydrogen-bond donors (Lipinski definition) is 6. The van der Waals surface area contributed by atoms with Gasteiger partial charge in [0, 0.05) is 59.1 Å². The Hall–Kier alpha value is -1.83. The fourth-order valence-corrected chi connectivity index (χ4v) is 3.79. The smallest absolute Gasteiger partial charge is 0.321 e. The molecule has 0 saturated carbocycles. The maximum Gasteiger partial charge on any atom is 0.321 e. The topological polar surface area (TPSA) is 182 Å². The van der Waals surface area contributed by atoms with Gasteiger partial charge in [0.05, 0.1) is 0 Å². The van der Waals surface area contributed by atoms with Crippen LogP contribution in [0.15, 0.2) is 0 Å². The molecule has 1 aliphatic heterocycles. The van der Waals surface area contributed by atoms with E-state index in [1.807, 2.05) is 0 Å². The Bertz CT molecular complexity index is 475. The zero-order valence-corrected chi connectivity index (χ0v) is 17.0. The van der Waals surface area contributed by atoms with Crippen LogP contribution in [0.3, 0.4) is 0 Å². The molecule has 1 heterocycles. The molecule has 0 aliphatic carbocycles. The fourth-order valence-electron chi connectivity index (χ4n) is 3.79. The minimum absolute atomic E-state index is 0.0205. The molecule has 0 amide bonds. The number of aliphatic hydroxyl groups excluding tert-OH is 3. The van der Waals surface area contributed by atoms with E-state index >= 15 is 0 Å². The monoisotopic (exact) mass is 435 g/mol. The number of hydrogen-bond acceptors (Lipinski definition) is 9. The van der Waals surface area contributed by atoms with E-state index in [9.17, 15) is 45.0 Å². The van der Waals surface area contributed by atoms with Gasteiger partial charge in [-0.25, -0.2) is 0 Å². The molecule has 1 saturated heterocycles. The van der Waals surface area contributed by atoms with Crippen LogP contribution in [0.1, 0.15) is 19.3 Å². The van der Waals surface area contributed by atoms with Crippen molar-refractivity contribution in [1.29, 1.82) is 0 Å². The second kappa shape index (κ2) is 13.5. The Labute approximate surface area is 174 Å². The van der Waals surface area contributed by atoms with Gasteiger partial charge in [-0.3, -0.25) is 29.1 Å².